The number of rotatable bonds is 4. The fraction of sp³-hybridized carbons (Fsp3) is 0.462. The Morgan fingerprint density at radius 3 is 2.60 bits per heavy atom. The molecule has 2 rings (SSSR count). The molecule has 3 nitrogen and oxygen atoms in total. The fourth-order valence-corrected chi connectivity index (χ4v) is 1.87. The van der Waals surface area contributed by atoms with Crippen molar-refractivity contribution in [2.24, 2.45) is 11.7 Å². The van der Waals surface area contributed by atoms with E-state index in [-0.39, 0.29) is 12.6 Å². The Hall–Kier alpha value is -1.63. The molecule has 1 aliphatic rings. The van der Waals surface area contributed by atoms with Gasteiger partial charge in [-0.2, -0.15) is 13.2 Å². The molecule has 1 fully saturated rings. The zero-order valence-corrected chi connectivity index (χ0v) is 10.5. The van der Waals surface area contributed by atoms with E-state index < -0.39 is 29.0 Å². The normalized spacial score (nSPS) is 16.9. The standard InChI is InChI=1S/C13H14F4N2O/c14-10-4-3-8(13(15,16)17)5-9(10)12(20)19-6-11(18)7-1-2-7/h3-5,7,11H,1-2,6,18H2,(H,19,20). The Labute approximate surface area is 113 Å². The Morgan fingerprint density at radius 2 is 2.05 bits per heavy atom. The average molecular weight is 290 g/mol. The predicted octanol–water partition coefficient (Wildman–Crippen LogP) is 2.31. The molecule has 110 valence electrons. The van der Waals surface area contributed by atoms with Crippen LogP contribution in [0.2, 0.25) is 0 Å². The lowest BCUT2D eigenvalue weighted by Gasteiger charge is -2.13. The lowest BCUT2D eigenvalue weighted by Crippen LogP contribution is -2.38. The molecule has 0 saturated heterocycles. The number of nitrogens with one attached hydrogen (secondary N) is 1. The van der Waals surface area contributed by atoms with Gasteiger partial charge in [0.05, 0.1) is 11.1 Å². The van der Waals surface area contributed by atoms with Crippen LogP contribution in [0, 0.1) is 11.7 Å². The van der Waals surface area contributed by atoms with Crippen LogP contribution in [-0.4, -0.2) is 18.5 Å². The van der Waals surface area contributed by atoms with Crippen LogP contribution in [0.4, 0.5) is 17.6 Å². The van der Waals surface area contributed by atoms with Crippen molar-refractivity contribution in [2.75, 3.05) is 6.54 Å². The first-order chi connectivity index (χ1) is 9.29. The van der Waals surface area contributed by atoms with E-state index in [0.717, 1.165) is 12.8 Å². The van der Waals surface area contributed by atoms with E-state index in [1.54, 1.807) is 0 Å². The highest BCUT2D eigenvalue weighted by Crippen LogP contribution is 2.31. The molecular formula is C13H14F4N2O. The first kappa shape index (κ1) is 14.8. The average Bonchev–Trinajstić information content (AvgIpc) is 3.18. The summed E-state index contributed by atoms with van der Waals surface area (Å²) in [6.07, 6.45) is -2.66. The van der Waals surface area contributed by atoms with Crippen molar-refractivity contribution in [3.8, 4) is 0 Å². The van der Waals surface area contributed by atoms with E-state index in [2.05, 4.69) is 5.32 Å². The maximum Gasteiger partial charge on any atom is 0.416 e. The molecule has 0 spiro atoms. The quantitative estimate of drug-likeness (QED) is 0.836. The molecule has 1 aliphatic carbocycles. The Balaban J connectivity index is 2.08. The van der Waals surface area contributed by atoms with E-state index in [9.17, 15) is 22.4 Å². The summed E-state index contributed by atoms with van der Waals surface area (Å²) in [6, 6.07) is 1.50. The summed E-state index contributed by atoms with van der Waals surface area (Å²) in [5, 5.41) is 2.37. The molecule has 0 heterocycles. The largest absolute Gasteiger partial charge is 0.416 e. The lowest BCUT2D eigenvalue weighted by atomic mass is 10.1. The zero-order chi connectivity index (χ0) is 14.9. The van der Waals surface area contributed by atoms with E-state index in [1.807, 2.05) is 0 Å². The van der Waals surface area contributed by atoms with Gasteiger partial charge in [-0.05, 0) is 37.0 Å². The van der Waals surface area contributed by atoms with Gasteiger partial charge in [0.25, 0.3) is 5.91 Å². The van der Waals surface area contributed by atoms with Crippen molar-refractivity contribution in [3.63, 3.8) is 0 Å². The Kier molecular flexibility index (Phi) is 3.99. The summed E-state index contributed by atoms with van der Waals surface area (Å²) in [4.78, 5) is 11.7. The van der Waals surface area contributed by atoms with Gasteiger partial charge in [-0.25, -0.2) is 4.39 Å². The number of benzene rings is 1. The van der Waals surface area contributed by atoms with Gasteiger partial charge < -0.3 is 11.1 Å². The summed E-state index contributed by atoms with van der Waals surface area (Å²) in [5.74, 6) is -1.54. The maximum atomic E-state index is 13.4. The minimum atomic E-state index is -4.62. The third-order valence-electron chi connectivity index (χ3n) is 3.26. The number of alkyl halides is 3. The zero-order valence-electron chi connectivity index (χ0n) is 10.5. The van der Waals surface area contributed by atoms with Crippen LogP contribution in [0.3, 0.4) is 0 Å². The molecule has 1 aromatic rings. The first-order valence-electron chi connectivity index (χ1n) is 6.19. The SMILES string of the molecule is NC(CNC(=O)c1cc(C(F)(F)F)ccc1F)C1CC1. The number of amides is 1. The topological polar surface area (TPSA) is 55.1 Å². The lowest BCUT2D eigenvalue weighted by molar-refractivity contribution is -0.137. The van der Waals surface area contributed by atoms with Crippen LogP contribution in [0.25, 0.3) is 0 Å². The molecule has 1 unspecified atom stereocenters. The number of hydrogen-bond acceptors (Lipinski definition) is 2. The summed E-state index contributed by atoms with van der Waals surface area (Å²) in [7, 11) is 0. The van der Waals surface area contributed by atoms with Crippen molar-refractivity contribution in [1.82, 2.24) is 5.32 Å². The first-order valence-corrected chi connectivity index (χ1v) is 6.19. The van der Waals surface area contributed by atoms with E-state index in [4.69, 9.17) is 5.73 Å². The number of carbonyl (C=O) groups excluding carboxylic acids is 1. The second-order valence-electron chi connectivity index (χ2n) is 4.90. The van der Waals surface area contributed by atoms with Crippen LogP contribution >= 0.6 is 0 Å². The maximum absolute atomic E-state index is 13.4. The summed E-state index contributed by atoms with van der Waals surface area (Å²) in [5.41, 5.74) is 4.07. The molecule has 7 heteroatoms. The molecule has 1 saturated carbocycles. The van der Waals surface area contributed by atoms with Gasteiger partial charge in [-0.3, -0.25) is 4.79 Å². The highest BCUT2D eigenvalue weighted by Gasteiger charge is 2.32. The number of halogens is 4. The Bertz CT molecular complexity index is 512. The predicted molar refractivity (Wildman–Crippen MR) is 64.4 cm³/mol. The summed E-state index contributed by atoms with van der Waals surface area (Å²) >= 11 is 0. The summed E-state index contributed by atoms with van der Waals surface area (Å²) < 4.78 is 51.0. The second-order valence-corrected chi connectivity index (χ2v) is 4.90. The van der Waals surface area contributed by atoms with Crippen molar-refractivity contribution < 1.29 is 22.4 Å². The molecule has 0 bridgehead atoms. The monoisotopic (exact) mass is 290 g/mol. The number of carbonyl (C=O) groups is 1. The van der Waals surface area contributed by atoms with Gasteiger partial charge in [0.2, 0.25) is 0 Å². The van der Waals surface area contributed by atoms with Crippen LogP contribution < -0.4 is 11.1 Å². The molecule has 20 heavy (non-hydrogen) atoms. The van der Waals surface area contributed by atoms with Crippen molar-refractivity contribution in [1.29, 1.82) is 0 Å². The molecule has 0 aromatic heterocycles. The molecule has 1 amide bonds. The molecule has 3 N–H and O–H groups in total. The van der Waals surface area contributed by atoms with E-state index >= 15 is 0 Å². The van der Waals surface area contributed by atoms with Crippen LogP contribution in [-0.2, 0) is 6.18 Å². The molecular weight excluding hydrogens is 276 g/mol. The number of hydrogen-bond donors (Lipinski definition) is 2. The van der Waals surface area contributed by atoms with E-state index in [1.165, 1.54) is 0 Å². The number of nitrogens with two attached hydrogens (primary N) is 1. The fourth-order valence-electron chi connectivity index (χ4n) is 1.87. The van der Waals surface area contributed by atoms with Crippen molar-refractivity contribution in [2.45, 2.75) is 25.1 Å². The van der Waals surface area contributed by atoms with Crippen LogP contribution in [0.15, 0.2) is 18.2 Å². The van der Waals surface area contributed by atoms with Gasteiger partial charge in [-0.1, -0.05) is 0 Å². The minimum absolute atomic E-state index is 0.124. The van der Waals surface area contributed by atoms with Crippen LogP contribution in [0.1, 0.15) is 28.8 Å². The third-order valence-corrected chi connectivity index (χ3v) is 3.26. The second kappa shape index (κ2) is 5.40. The highest BCUT2D eigenvalue weighted by atomic mass is 19.4. The van der Waals surface area contributed by atoms with Crippen molar-refractivity contribution in [3.05, 3.63) is 35.1 Å². The summed E-state index contributed by atoms with van der Waals surface area (Å²) in [6.45, 7) is 0.124. The third kappa shape index (κ3) is 3.47. The minimum Gasteiger partial charge on any atom is -0.350 e. The molecule has 1 aromatic carbocycles. The molecule has 1 atom stereocenters. The smallest absolute Gasteiger partial charge is 0.350 e. The van der Waals surface area contributed by atoms with Crippen LogP contribution in [0.5, 0.6) is 0 Å². The Morgan fingerprint density at radius 1 is 1.40 bits per heavy atom. The van der Waals surface area contributed by atoms with Gasteiger partial charge in [0.15, 0.2) is 0 Å². The van der Waals surface area contributed by atoms with Gasteiger partial charge in [0, 0.05) is 12.6 Å². The van der Waals surface area contributed by atoms with Gasteiger partial charge in [0.1, 0.15) is 5.82 Å². The van der Waals surface area contributed by atoms with Crippen molar-refractivity contribution >= 4 is 5.91 Å². The van der Waals surface area contributed by atoms with Gasteiger partial charge >= 0.3 is 6.18 Å². The molecule has 0 aliphatic heterocycles. The highest BCUT2D eigenvalue weighted by molar-refractivity contribution is 5.94. The van der Waals surface area contributed by atoms with Gasteiger partial charge in [-0.15, -0.1) is 0 Å². The molecule has 0 radical (unpaired) electrons. The van der Waals surface area contributed by atoms with E-state index in [0.29, 0.717) is 24.1 Å².